The Morgan fingerprint density at radius 2 is 1.38 bits per heavy atom. The Balaban J connectivity index is 3.29. The van der Waals surface area contributed by atoms with Crippen LogP contribution in [0.4, 0.5) is 8.78 Å². The van der Waals surface area contributed by atoms with Gasteiger partial charge in [0, 0.05) is 24.3 Å². The number of nitrogens with two attached hydrogens (primary N) is 1. The first kappa shape index (κ1) is 13.9. The number of rotatable bonds is 0. The van der Waals surface area contributed by atoms with Crippen LogP contribution in [-0.2, 0) is 0 Å². The predicted octanol–water partition coefficient (Wildman–Crippen LogP) is 3.82. The lowest BCUT2D eigenvalue weighted by Gasteiger charge is -2.54. The fourth-order valence-corrected chi connectivity index (χ4v) is 3.87. The summed E-state index contributed by atoms with van der Waals surface area (Å²) in [7, 11) is 0. The Morgan fingerprint density at radius 1 is 1.00 bits per heavy atom. The Labute approximate surface area is 97.8 Å². The highest BCUT2D eigenvalue weighted by Crippen LogP contribution is 2.63. The van der Waals surface area contributed by atoms with Gasteiger partial charge in [-0.15, -0.1) is 0 Å². The number of halogens is 2. The number of hydrogen-bond donors (Lipinski definition) is 1. The molecule has 1 rings (SSSR count). The summed E-state index contributed by atoms with van der Waals surface area (Å²) in [5, 5.41) is 0. The van der Waals surface area contributed by atoms with Gasteiger partial charge in [0.1, 0.15) is 0 Å². The van der Waals surface area contributed by atoms with Gasteiger partial charge in [0.15, 0.2) is 0 Å². The average molecular weight is 233 g/mol. The van der Waals surface area contributed by atoms with E-state index in [1.54, 1.807) is 0 Å². The first-order valence-electron chi connectivity index (χ1n) is 5.97. The second kappa shape index (κ2) is 3.41. The van der Waals surface area contributed by atoms with Crippen LogP contribution in [0.3, 0.4) is 0 Å². The van der Waals surface area contributed by atoms with Gasteiger partial charge >= 0.3 is 0 Å². The average Bonchev–Trinajstić information content (AvgIpc) is 2.17. The Kier molecular flexibility index (Phi) is 2.96. The molecule has 1 atom stereocenters. The van der Waals surface area contributed by atoms with Crippen molar-refractivity contribution in [2.24, 2.45) is 22.0 Å². The van der Waals surface area contributed by atoms with Gasteiger partial charge in [-0.2, -0.15) is 0 Å². The highest BCUT2D eigenvalue weighted by Gasteiger charge is 2.64. The van der Waals surface area contributed by atoms with E-state index in [-0.39, 0.29) is 23.7 Å². The summed E-state index contributed by atoms with van der Waals surface area (Å²) in [6.45, 7) is 12.2. The molecule has 0 amide bonds. The predicted molar refractivity (Wildman–Crippen MR) is 63.5 cm³/mol. The SMILES string of the molecule is CC(C)(C)C1(C(C)(C)C)CC(F)(F)C[C@H]1N. The van der Waals surface area contributed by atoms with E-state index < -0.39 is 17.4 Å². The summed E-state index contributed by atoms with van der Waals surface area (Å²) in [6.07, 6.45) is -0.268. The maximum atomic E-state index is 13.7. The van der Waals surface area contributed by atoms with Crippen molar-refractivity contribution in [2.75, 3.05) is 0 Å². The summed E-state index contributed by atoms with van der Waals surface area (Å²) in [5.74, 6) is -2.61. The van der Waals surface area contributed by atoms with E-state index in [2.05, 4.69) is 0 Å². The molecule has 0 unspecified atom stereocenters. The molecule has 0 aromatic rings. The van der Waals surface area contributed by atoms with Crippen LogP contribution < -0.4 is 5.73 Å². The normalized spacial score (nSPS) is 29.4. The minimum atomic E-state index is -2.61. The molecule has 96 valence electrons. The molecule has 1 saturated carbocycles. The molecule has 0 bridgehead atoms. The van der Waals surface area contributed by atoms with Crippen LogP contribution in [0.2, 0.25) is 0 Å². The van der Waals surface area contributed by atoms with Gasteiger partial charge < -0.3 is 5.73 Å². The molecule has 0 saturated heterocycles. The third-order valence-electron chi connectivity index (χ3n) is 4.37. The van der Waals surface area contributed by atoms with Gasteiger partial charge in [0.05, 0.1) is 0 Å². The van der Waals surface area contributed by atoms with E-state index >= 15 is 0 Å². The molecule has 1 aliphatic rings. The van der Waals surface area contributed by atoms with Gasteiger partial charge in [-0.1, -0.05) is 41.5 Å². The molecule has 1 aliphatic carbocycles. The fraction of sp³-hybridized carbons (Fsp3) is 1.00. The van der Waals surface area contributed by atoms with E-state index in [4.69, 9.17) is 5.73 Å². The van der Waals surface area contributed by atoms with Crippen molar-refractivity contribution in [2.45, 2.75) is 66.3 Å². The molecule has 0 heterocycles. The molecule has 0 aliphatic heterocycles. The molecule has 0 radical (unpaired) electrons. The zero-order valence-electron chi connectivity index (χ0n) is 11.3. The minimum absolute atomic E-state index is 0.0891. The molecular formula is C13H25F2N. The minimum Gasteiger partial charge on any atom is -0.327 e. The van der Waals surface area contributed by atoms with Gasteiger partial charge in [0.25, 0.3) is 0 Å². The lowest BCUT2D eigenvalue weighted by molar-refractivity contribution is -0.0761. The zero-order chi connectivity index (χ0) is 13.0. The summed E-state index contributed by atoms with van der Waals surface area (Å²) < 4.78 is 27.3. The highest BCUT2D eigenvalue weighted by molar-refractivity contribution is 5.12. The third kappa shape index (κ3) is 1.87. The van der Waals surface area contributed by atoms with Gasteiger partial charge in [-0.3, -0.25) is 0 Å². The lowest BCUT2D eigenvalue weighted by atomic mass is 9.51. The van der Waals surface area contributed by atoms with E-state index in [1.807, 2.05) is 41.5 Å². The molecule has 1 fully saturated rings. The van der Waals surface area contributed by atoms with Gasteiger partial charge in [0.2, 0.25) is 5.92 Å². The van der Waals surface area contributed by atoms with Gasteiger partial charge in [-0.05, 0) is 10.8 Å². The molecular weight excluding hydrogens is 208 g/mol. The summed E-state index contributed by atoms with van der Waals surface area (Å²) in [4.78, 5) is 0. The standard InChI is InChI=1S/C13H25F2N/c1-10(2,3)13(11(4,5)6)8-12(14,15)7-9(13)16/h9H,7-8,16H2,1-6H3/t9-/m1/s1. The largest absolute Gasteiger partial charge is 0.327 e. The maximum Gasteiger partial charge on any atom is 0.250 e. The molecule has 2 N–H and O–H groups in total. The van der Waals surface area contributed by atoms with Crippen LogP contribution in [0.25, 0.3) is 0 Å². The first-order chi connectivity index (χ1) is 6.83. The molecule has 0 aromatic carbocycles. The smallest absolute Gasteiger partial charge is 0.250 e. The lowest BCUT2D eigenvalue weighted by Crippen LogP contribution is -2.54. The highest BCUT2D eigenvalue weighted by atomic mass is 19.3. The quantitative estimate of drug-likeness (QED) is 0.676. The number of alkyl halides is 2. The van der Waals surface area contributed by atoms with Crippen molar-refractivity contribution in [1.82, 2.24) is 0 Å². The van der Waals surface area contributed by atoms with Crippen LogP contribution in [0.1, 0.15) is 54.4 Å². The van der Waals surface area contributed by atoms with Crippen LogP contribution in [0.5, 0.6) is 0 Å². The third-order valence-corrected chi connectivity index (χ3v) is 4.37. The second-order valence-corrected chi connectivity index (χ2v) is 7.31. The zero-order valence-corrected chi connectivity index (χ0v) is 11.3. The summed E-state index contributed by atoms with van der Waals surface area (Å²) >= 11 is 0. The van der Waals surface area contributed by atoms with Crippen LogP contribution in [0.15, 0.2) is 0 Å². The molecule has 1 nitrogen and oxygen atoms in total. The van der Waals surface area contributed by atoms with Crippen molar-refractivity contribution in [3.63, 3.8) is 0 Å². The monoisotopic (exact) mass is 233 g/mol. The molecule has 16 heavy (non-hydrogen) atoms. The van der Waals surface area contributed by atoms with Crippen molar-refractivity contribution < 1.29 is 8.78 Å². The second-order valence-electron chi connectivity index (χ2n) is 7.31. The van der Waals surface area contributed by atoms with Crippen LogP contribution >= 0.6 is 0 Å². The Bertz CT molecular complexity index is 257. The Hall–Kier alpha value is -0.180. The summed E-state index contributed by atoms with van der Waals surface area (Å²) in [5.41, 5.74) is 5.14. The summed E-state index contributed by atoms with van der Waals surface area (Å²) in [6, 6.07) is -0.428. The van der Waals surface area contributed by atoms with Crippen LogP contribution in [0, 0.1) is 16.2 Å². The van der Waals surface area contributed by atoms with E-state index in [0.29, 0.717) is 0 Å². The van der Waals surface area contributed by atoms with E-state index in [9.17, 15) is 8.78 Å². The molecule has 3 heteroatoms. The van der Waals surface area contributed by atoms with E-state index in [1.165, 1.54) is 0 Å². The van der Waals surface area contributed by atoms with Gasteiger partial charge in [-0.25, -0.2) is 8.78 Å². The topological polar surface area (TPSA) is 26.0 Å². The maximum absolute atomic E-state index is 13.7. The fourth-order valence-electron chi connectivity index (χ4n) is 3.87. The molecule has 0 aromatic heterocycles. The van der Waals surface area contributed by atoms with Crippen molar-refractivity contribution in [3.8, 4) is 0 Å². The van der Waals surface area contributed by atoms with Crippen LogP contribution in [-0.4, -0.2) is 12.0 Å². The van der Waals surface area contributed by atoms with E-state index in [0.717, 1.165) is 0 Å². The first-order valence-corrected chi connectivity index (χ1v) is 5.97. The van der Waals surface area contributed by atoms with Crippen molar-refractivity contribution >= 4 is 0 Å². The molecule has 0 spiro atoms. The Morgan fingerprint density at radius 3 is 1.50 bits per heavy atom. The van der Waals surface area contributed by atoms with Crippen molar-refractivity contribution in [1.29, 1.82) is 0 Å². The number of hydrogen-bond acceptors (Lipinski definition) is 1. The van der Waals surface area contributed by atoms with Crippen molar-refractivity contribution in [3.05, 3.63) is 0 Å².